The summed E-state index contributed by atoms with van der Waals surface area (Å²) >= 11 is 0. The van der Waals surface area contributed by atoms with Crippen molar-refractivity contribution in [2.75, 3.05) is 0 Å². The third kappa shape index (κ3) is 1.34. The fourth-order valence-corrected chi connectivity index (χ4v) is 2.50. The smallest absolute Gasteiger partial charge is 0.192 e. The lowest BCUT2D eigenvalue weighted by Crippen LogP contribution is -2.39. The van der Waals surface area contributed by atoms with E-state index in [1.807, 2.05) is 30.3 Å². The molecule has 0 amide bonds. The molecule has 1 aliphatic rings. The minimum atomic E-state index is -1.22. The van der Waals surface area contributed by atoms with E-state index in [1.54, 1.807) is 13.0 Å². The summed E-state index contributed by atoms with van der Waals surface area (Å²) in [6.45, 7) is 1.59. The Balaban J connectivity index is 2.40. The van der Waals surface area contributed by atoms with Crippen LogP contribution in [0.2, 0.25) is 0 Å². The molecule has 0 fully saturated rings. The van der Waals surface area contributed by atoms with Crippen LogP contribution in [-0.2, 0) is 0 Å². The molecule has 0 radical (unpaired) electrons. The number of aliphatic hydroxyl groups is 1. The van der Waals surface area contributed by atoms with Crippen molar-refractivity contribution in [3.05, 3.63) is 47.5 Å². The van der Waals surface area contributed by atoms with Crippen LogP contribution in [0.25, 0.3) is 10.8 Å². The van der Waals surface area contributed by atoms with Gasteiger partial charge in [0.15, 0.2) is 11.6 Å². The number of ketones is 2. The lowest BCUT2D eigenvalue weighted by Gasteiger charge is -2.25. The van der Waals surface area contributed by atoms with Crippen LogP contribution in [0.15, 0.2) is 36.4 Å². The molecule has 0 aliphatic heterocycles. The Hall–Kier alpha value is -2.00. The van der Waals surface area contributed by atoms with E-state index in [9.17, 15) is 14.7 Å². The highest BCUT2D eigenvalue weighted by Crippen LogP contribution is 2.31. The lowest BCUT2D eigenvalue weighted by molar-refractivity contribution is 0.0529. The van der Waals surface area contributed by atoms with Crippen LogP contribution >= 0.6 is 0 Å². The lowest BCUT2D eigenvalue weighted by atomic mass is 9.79. The van der Waals surface area contributed by atoms with Crippen molar-refractivity contribution in [2.45, 2.75) is 13.0 Å². The van der Waals surface area contributed by atoms with Crippen LogP contribution in [-0.4, -0.2) is 22.8 Å². The van der Waals surface area contributed by atoms with Gasteiger partial charge in [0, 0.05) is 11.1 Å². The first-order valence-electron chi connectivity index (χ1n) is 5.89. The molecule has 0 saturated carbocycles. The predicted octanol–water partition coefficient (Wildman–Crippen LogP) is 2.22. The van der Waals surface area contributed by atoms with E-state index in [2.05, 4.69) is 0 Å². The standard InChI is InChI=1S/C15H12O3/c1-8-13(16)12-10-5-3-2-4-9(10)6-7-11(12)15(18)14(8)17/h2-8,14,17H,1H3/t8-,14-/m1/s1. The Morgan fingerprint density at radius 3 is 2.50 bits per heavy atom. The second kappa shape index (κ2) is 3.75. The minimum absolute atomic E-state index is 0.158. The van der Waals surface area contributed by atoms with Crippen molar-refractivity contribution in [3.8, 4) is 0 Å². The quantitative estimate of drug-likeness (QED) is 0.768. The molecule has 0 bridgehead atoms. The van der Waals surface area contributed by atoms with Crippen LogP contribution in [0.1, 0.15) is 27.6 Å². The largest absolute Gasteiger partial charge is 0.384 e. The molecule has 18 heavy (non-hydrogen) atoms. The molecule has 3 nitrogen and oxygen atoms in total. The highest BCUT2D eigenvalue weighted by atomic mass is 16.3. The number of aliphatic hydroxyl groups excluding tert-OH is 1. The van der Waals surface area contributed by atoms with Crippen LogP contribution < -0.4 is 0 Å². The van der Waals surface area contributed by atoms with E-state index in [0.29, 0.717) is 11.1 Å². The third-order valence-electron chi connectivity index (χ3n) is 3.60. The van der Waals surface area contributed by atoms with E-state index >= 15 is 0 Å². The van der Waals surface area contributed by atoms with Crippen molar-refractivity contribution in [1.82, 2.24) is 0 Å². The van der Waals surface area contributed by atoms with Gasteiger partial charge in [0.1, 0.15) is 6.10 Å². The average molecular weight is 240 g/mol. The third-order valence-corrected chi connectivity index (χ3v) is 3.60. The topological polar surface area (TPSA) is 54.4 Å². The Bertz CT molecular complexity index is 672. The van der Waals surface area contributed by atoms with Gasteiger partial charge in [-0.1, -0.05) is 37.3 Å². The van der Waals surface area contributed by atoms with Gasteiger partial charge in [-0.15, -0.1) is 0 Å². The predicted molar refractivity (Wildman–Crippen MR) is 67.8 cm³/mol. The molecule has 2 aromatic rings. The molecule has 1 aliphatic carbocycles. The number of carbonyl (C=O) groups is 2. The van der Waals surface area contributed by atoms with Crippen molar-refractivity contribution < 1.29 is 14.7 Å². The van der Waals surface area contributed by atoms with Crippen LogP contribution in [0, 0.1) is 5.92 Å². The first-order chi connectivity index (χ1) is 8.61. The minimum Gasteiger partial charge on any atom is -0.384 e. The van der Waals surface area contributed by atoms with E-state index in [-0.39, 0.29) is 11.6 Å². The Morgan fingerprint density at radius 2 is 1.72 bits per heavy atom. The molecular weight excluding hydrogens is 228 g/mol. The van der Waals surface area contributed by atoms with Gasteiger partial charge in [-0.25, -0.2) is 0 Å². The zero-order valence-corrected chi connectivity index (χ0v) is 9.88. The molecule has 0 saturated heterocycles. The van der Waals surface area contributed by atoms with Gasteiger partial charge in [-0.2, -0.15) is 0 Å². The summed E-state index contributed by atoms with van der Waals surface area (Å²) in [5.41, 5.74) is 0.792. The maximum Gasteiger partial charge on any atom is 0.192 e. The molecule has 0 spiro atoms. The average Bonchev–Trinajstić information content (AvgIpc) is 2.41. The molecule has 2 atom stereocenters. The fourth-order valence-electron chi connectivity index (χ4n) is 2.50. The van der Waals surface area contributed by atoms with Gasteiger partial charge < -0.3 is 5.11 Å². The zero-order chi connectivity index (χ0) is 12.9. The van der Waals surface area contributed by atoms with Gasteiger partial charge in [0.25, 0.3) is 0 Å². The Kier molecular flexibility index (Phi) is 2.31. The van der Waals surface area contributed by atoms with Crippen molar-refractivity contribution in [1.29, 1.82) is 0 Å². The maximum absolute atomic E-state index is 12.3. The molecule has 3 heteroatoms. The number of Topliss-reactive ketones (excluding diaryl/α,β-unsaturated/α-hetero) is 2. The van der Waals surface area contributed by atoms with Crippen LogP contribution in [0.3, 0.4) is 0 Å². The van der Waals surface area contributed by atoms with E-state index in [0.717, 1.165) is 10.8 Å². The SMILES string of the molecule is C[C@@H]1C(=O)c2c(ccc3ccccc23)C(=O)[C@@H]1O. The van der Waals surface area contributed by atoms with Crippen molar-refractivity contribution in [3.63, 3.8) is 0 Å². The highest BCUT2D eigenvalue weighted by molar-refractivity contribution is 6.22. The number of carbonyl (C=O) groups excluding carboxylic acids is 2. The molecule has 0 unspecified atom stereocenters. The summed E-state index contributed by atoms with van der Waals surface area (Å²) in [6.07, 6.45) is -1.22. The molecule has 90 valence electrons. The first kappa shape index (κ1) is 11.1. The number of benzene rings is 2. The van der Waals surface area contributed by atoms with Gasteiger partial charge >= 0.3 is 0 Å². The van der Waals surface area contributed by atoms with Gasteiger partial charge in [-0.05, 0) is 16.8 Å². The molecule has 0 aromatic heterocycles. The number of hydrogen-bond acceptors (Lipinski definition) is 3. The first-order valence-corrected chi connectivity index (χ1v) is 5.89. The van der Waals surface area contributed by atoms with Crippen LogP contribution in [0.4, 0.5) is 0 Å². The number of hydrogen-bond donors (Lipinski definition) is 1. The zero-order valence-electron chi connectivity index (χ0n) is 9.88. The summed E-state index contributed by atoms with van der Waals surface area (Å²) in [6, 6.07) is 10.9. The maximum atomic E-state index is 12.3. The van der Waals surface area contributed by atoms with E-state index in [4.69, 9.17) is 0 Å². The molecular formula is C15H12O3. The second-order valence-corrected chi connectivity index (χ2v) is 4.67. The monoisotopic (exact) mass is 240 g/mol. The molecule has 3 rings (SSSR count). The van der Waals surface area contributed by atoms with Crippen molar-refractivity contribution in [2.24, 2.45) is 5.92 Å². The molecule has 1 N–H and O–H groups in total. The molecule has 0 heterocycles. The summed E-state index contributed by atoms with van der Waals surface area (Å²) in [5, 5.41) is 11.5. The number of rotatable bonds is 0. The molecule has 2 aromatic carbocycles. The summed E-state index contributed by atoms with van der Waals surface area (Å²) in [4.78, 5) is 24.3. The normalized spacial score (nSPS) is 23.2. The Labute approximate surface area is 104 Å². The summed E-state index contributed by atoms with van der Waals surface area (Å²) in [5.74, 6) is -1.19. The number of fused-ring (bicyclic) bond motifs is 3. The summed E-state index contributed by atoms with van der Waals surface area (Å²) < 4.78 is 0. The van der Waals surface area contributed by atoms with Gasteiger partial charge in [-0.3, -0.25) is 9.59 Å². The second-order valence-electron chi connectivity index (χ2n) is 4.67. The Morgan fingerprint density at radius 1 is 1.00 bits per heavy atom. The van der Waals surface area contributed by atoms with E-state index < -0.39 is 12.0 Å². The van der Waals surface area contributed by atoms with E-state index in [1.165, 1.54) is 0 Å². The van der Waals surface area contributed by atoms with Gasteiger partial charge in [0.05, 0.1) is 5.92 Å². The van der Waals surface area contributed by atoms with Crippen LogP contribution in [0.5, 0.6) is 0 Å². The fraction of sp³-hybridized carbons (Fsp3) is 0.200. The van der Waals surface area contributed by atoms with Gasteiger partial charge in [0.2, 0.25) is 0 Å². The summed E-state index contributed by atoms with van der Waals surface area (Å²) in [7, 11) is 0. The van der Waals surface area contributed by atoms with Crippen molar-refractivity contribution >= 4 is 22.3 Å². The highest BCUT2D eigenvalue weighted by Gasteiger charge is 2.38.